The first-order chi connectivity index (χ1) is 13.5. The average Bonchev–Trinajstić information content (AvgIpc) is 2.72. The minimum atomic E-state index is -3.49. The third kappa shape index (κ3) is 4.13. The van der Waals surface area contributed by atoms with Crippen molar-refractivity contribution in [2.45, 2.75) is 24.7 Å². The minimum absolute atomic E-state index is 0.230. The first-order valence-corrected chi connectivity index (χ1v) is 10.9. The van der Waals surface area contributed by atoms with E-state index in [1.807, 2.05) is 31.2 Å². The van der Waals surface area contributed by atoms with Crippen molar-refractivity contribution in [3.8, 4) is 0 Å². The lowest BCUT2D eigenvalue weighted by molar-refractivity contribution is 0.409. The third-order valence-electron chi connectivity index (χ3n) is 5.05. The Kier molecular flexibility index (Phi) is 5.23. The van der Waals surface area contributed by atoms with Gasteiger partial charge in [-0.25, -0.2) is 23.1 Å². The summed E-state index contributed by atoms with van der Waals surface area (Å²) < 4.78 is 27.8. The normalized spacial score (nSPS) is 17.8. The van der Waals surface area contributed by atoms with Crippen LogP contribution in [0.3, 0.4) is 0 Å². The highest BCUT2D eigenvalue weighted by Gasteiger charge is 2.23. The predicted molar refractivity (Wildman–Crippen MR) is 109 cm³/mol. The molecule has 0 saturated carbocycles. The largest absolute Gasteiger partial charge is 0.356 e. The number of rotatable bonds is 5. The summed E-state index contributed by atoms with van der Waals surface area (Å²) in [4.78, 5) is 15.6. The second-order valence-corrected chi connectivity index (χ2v) is 8.95. The van der Waals surface area contributed by atoms with Crippen LogP contribution in [0, 0.1) is 12.8 Å². The summed E-state index contributed by atoms with van der Waals surface area (Å²) >= 11 is 0. The fourth-order valence-electron chi connectivity index (χ4n) is 3.49. The molecule has 8 heteroatoms. The third-order valence-corrected chi connectivity index (χ3v) is 6.49. The smallest absolute Gasteiger partial charge is 0.240 e. The van der Waals surface area contributed by atoms with Crippen LogP contribution in [0.25, 0.3) is 11.2 Å². The van der Waals surface area contributed by atoms with Gasteiger partial charge in [-0.05, 0) is 49.9 Å². The molecule has 0 aliphatic carbocycles. The summed E-state index contributed by atoms with van der Waals surface area (Å²) in [5, 5.41) is 0. The highest BCUT2D eigenvalue weighted by Crippen LogP contribution is 2.23. The quantitative estimate of drug-likeness (QED) is 0.712. The number of aromatic nitrogens is 3. The van der Waals surface area contributed by atoms with Gasteiger partial charge in [0.2, 0.25) is 10.0 Å². The molecule has 3 aromatic rings. The van der Waals surface area contributed by atoms with Crippen LogP contribution >= 0.6 is 0 Å². The van der Waals surface area contributed by atoms with Crippen molar-refractivity contribution in [2.75, 3.05) is 24.5 Å². The first-order valence-electron chi connectivity index (χ1n) is 9.40. The van der Waals surface area contributed by atoms with Crippen molar-refractivity contribution in [1.29, 1.82) is 0 Å². The fourth-order valence-corrected chi connectivity index (χ4v) is 4.60. The molecule has 1 N–H and O–H groups in total. The summed E-state index contributed by atoms with van der Waals surface area (Å²) in [7, 11) is -3.49. The molecule has 0 bridgehead atoms. The number of benzene rings is 1. The molecule has 2 aromatic heterocycles. The number of pyridine rings is 1. The monoisotopic (exact) mass is 397 g/mol. The van der Waals surface area contributed by atoms with Gasteiger partial charge in [0.25, 0.3) is 0 Å². The molecule has 28 heavy (non-hydrogen) atoms. The Morgan fingerprint density at radius 3 is 2.71 bits per heavy atom. The number of aryl methyl sites for hydroxylation is 1. The molecule has 1 saturated heterocycles. The van der Waals surface area contributed by atoms with Crippen LogP contribution in [0.5, 0.6) is 0 Å². The van der Waals surface area contributed by atoms with E-state index in [9.17, 15) is 8.42 Å². The van der Waals surface area contributed by atoms with E-state index in [0.29, 0.717) is 17.1 Å². The Hall–Kier alpha value is -2.58. The lowest BCUT2D eigenvalue weighted by Gasteiger charge is -2.33. The number of sulfonamides is 1. The van der Waals surface area contributed by atoms with Gasteiger partial charge < -0.3 is 4.90 Å². The van der Waals surface area contributed by atoms with Gasteiger partial charge in [0.05, 0.1) is 4.90 Å². The minimum Gasteiger partial charge on any atom is -0.356 e. The van der Waals surface area contributed by atoms with Crippen molar-refractivity contribution in [3.05, 3.63) is 54.4 Å². The molecule has 1 fully saturated rings. The summed E-state index contributed by atoms with van der Waals surface area (Å²) in [6.45, 7) is 4.02. The second-order valence-electron chi connectivity index (χ2n) is 7.19. The van der Waals surface area contributed by atoms with Crippen molar-refractivity contribution in [2.24, 2.45) is 5.92 Å². The summed E-state index contributed by atoms with van der Waals surface area (Å²) in [6, 6.07) is 10.8. The van der Waals surface area contributed by atoms with E-state index in [1.165, 1.54) is 0 Å². The van der Waals surface area contributed by atoms with Crippen molar-refractivity contribution < 1.29 is 8.42 Å². The highest BCUT2D eigenvalue weighted by atomic mass is 32.2. The van der Waals surface area contributed by atoms with Crippen LogP contribution in [-0.4, -0.2) is 43.0 Å². The molecule has 7 nitrogen and oxygen atoms in total. The zero-order valence-electron chi connectivity index (χ0n) is 15.7. The molecule has 3 heterocycles. The molecule has 1 aliphatic rings. The van der Waals surface area contributed by atoms with Crippen LogP contribution in [0.15, 0.2) is 53.7 Å². The zero-order chi connectivity index (χ0) is 19.6. The molecule has 1 aromatic carbocycles. The van der Waals surface area contributed by atoms with Gasteiger partial charge in [0.15, 0.2) is 5.65 Å². The number of fused-ring (bicyclic) bond motifs is 1. The van der Waals surface area contributed by atoms with Crippen LogP contribution in [0.2, 0.25) is 0 Å². The number of nitrogens with one attached hydrogen (secondary N) is 1. The fraction of sp³-hybridized carbons (Fsp3) is 0.350. The van der Waals surface area contributed by atoms with Crippen LogP contribution < -0.4 is 9.62 Å². The molecule has 1 unspecified atom stereocenters. The molecular formula is C20H23N5O2S. The van der Waals surface area contributed by atoms with Gasteiger partial charge in [-0.1, -0.05) is 17.7 Å². The zero-order valence-corrected chi connectivity index (χ0v) is 16.6. The molecule has 0 spiro atoms. The van der Waals surface area contributed by atoms with Crippen LogP contribution in [0.1, 0.15) is 18.4 Å². The highest BCUT2D eigenvalue weighted by molar-refractivity contribution is 7.89. The van der Waals surface area contributed by atoms with E-state index in [-0.39, 0.29) is 5.92 Å². The maximum Gasteiger partial charge on any atom is 0.240 e. The Morgan fingerprint density at radius 1 is 1.11 bits per heavy atom. The standard InChI is InChI=1S/C20H23N5O2S/c1-15-4-6-17(7-5-15)28(26,27)23-13-16-3-2-12-25(14-16)19-9-8-18-20(24-19)22-11-10-21-18/h4-11,16,23H,2-3,12-14H2,1H3. The lowest BCUT2D eigenvalue weighted by Crippen LogP contribution is -2.41. The van der Waals surface area contributed by atoms with E-state index in [2.05, 4.69) is 24.6 Å². The SMILES string of the molecule is Cc1ccc(S(=O)(=O)NCC2CCCN(c3ccc4nccnc4n3)C2)cc1. The molecule has 146 valence electrons. The molecule has 1 aliphatic heterocycles. The van der Waals surface area contributed by atoms with Gasteiger partial charge in [0.1, 0.15) is 11.3 Å². The Labute approximate surface area is 164 Å². The number of anilines is 1. The van der Waals surface area contributed by atoms with Gasteiger partial charge in [-0.2, -0.15) is 0 Å². The summed E-state index contributed by atoms with van der Waals surface area (Å²) in [6.07, 6.45) is 5.27. The summed E-state index contributed by atoms with van der Waals surface area (Å²) in [5.41, 5.74) is 2.43. The maximum absolute atomic E-state index is 12.5. The first kappa shape index (κ1) is 18.8. The van der Waals surface area contributed by atoms with Gasteiger partial charge >= 0.3 is 0 Å². The second kappa shape index (κ2) is 7.81. The number of nitrogens with zero attached hydrogens (tertiary/aromatic N) is 4. The van der Waals surface area contributed by atoms with Gasteiger partial charge in [-0.15, -0.1) is 0 Å². The predicted octanol–water partition coefficient (Wildman–Crippen LogP) is 2.53. The molecule has 0 amide bonds. The van der Waals surface area contributed by atoms with Crippen LogP contribution in [0.4, 0.5) is 5.82 Å². The molecule has 0 radical (unpaired) electrons. The van der Waals surface area contributed by atoms with E-state index in [4.69, 9.17) is 0 Å². The number of hydrogen-bond acceptors (Lipinski definition) is 6. The van der Waals surface area contributed by atoms with Crippen molar-refractivity contribution in [1.82, 2.24) is 19.7 Å². The topological polar surface area (TPSA) is 88.1 Å². The van der Waals surface area contributed by atoms with E-state index in [1.54, 1.807) is 24.5 Å². The van der Waals surface area contributed by atoms with Gasteiger partial charge in [0, 0.05) is 32.0 Å². The number of hydrogen-bond donors (Lipinski definition) is 1. The maximum atomic E-state index is 12.5. The van der Waals surface area contributed by atoms with E-state index in [0.717, 1.165) is 42.8 Å². The van der Waals surface area contributed by atoms with E-state index >= 15 is 0 Å². The van der Waals surface area contributed by atoms with E-state index < -0.39 is 10.0 Å². The van der Waals surface area contributed by atoms with Crippen molar-refractivity contribution >= 4 is 27.0 Å². The number of piperidine rings is 1. The summed E-state index contributed by atoms with van der Waals surface area (Å²) in [5.74, 6) is 1.09. The lowest BCUT2D eigenvalue weighted by atomic mass is 9.98. The van der Waals surface area contributed by atoms with Gasteiger partial charge in [-0.3, -0.25) is 4.98 Å². The van der Waals surface area contributed by atoms with Crippen LogP contribution in [-0.2, 0) is 10.0 Å². The average molecular weight is 398 g/mol. The Bertz CT molecular complexity index is 1070. The Balaban J connectivity index is 1.42. The molecular weight excluding hydrogens is 374 g/mol. The molecule has 1 atom stereocenters. The van der Waals surface area contributed by atoms with Crippen molar-refractivity contribution in [3.63, 3.8) is 0 Å². The Morgan fingerprint density at radius 2 is 1.89 bits per heavy atom. The molecule has 4 rings (SSSR count).